The summed E-state index contributed by atoms with van der Waals surface area (Å²) in [5.74, 6) is 0.112. The lowest BCUT2D eigenvalue weighted by molar-refractivity contribution is -0.0752. The van der Waals surface area contributed by atoms with Crippen LogP contribution in [0.2, 0.25) is 0 Å². The van der Waals surface area contributed by atoms with Gasteiger partial charge < -0.3 is 15.0 Å². The number of hydrogen-bond acceptors (Lipinski definition) is 5. The summed E-state index contributed by atoms with van der Waals surface area (Å²) in [6, 6.07) is 0.244. The highest BCUT2D eigenvalue weighted by atomic mass is 32.1. The Balaban J connectivity index is 1.87. The van der Waals surface area contributed by atoms with E-state index in [1.54, 1.807) is 0 Å². The Morgan fingerprint density at radius 2 is 2.25 bits per heavy atom. The van der Waals surface area contributed by atoms with Crippen molar-refractivity contribution in [3.8, 4) is 0 Å². The lowest BCUT2D eigenvalue weighted by Crippen LogP contribution is -2.54. The van der Waals surface area contributed by atoms with E-state index in [1.165, 1.54) is 24.4 Å². The quantitative estimate of drug-likeness (QED) is 0.909. The molecule has 1 aliphatic carbocycles. The number of rotatable bonds is 2. The smallest absolute Gasteiger partial charge is 0.259 e. The van der Waals surface area contributed by atoms with Gasteiger partial charge in [0.25, 0.3) is 5.91 Å². The summed E-state index contributed by atoms with van der Waals surface area (Å²) in [5, 5.41) is 3.95. The minimum Gasteiger partial charge on any atom is -0.378 e. The van der Waals surface area contributed by atoms with Crippen molar-refractivity contribution in [1.82, 2.24) is 9.27 Å². The van der Waals surface area contributed by atoms with E-state index < -0.39 is 0 Å². The second kappa shape index (κ2) is 5.69. The van der Waals surface area contributed by atoms with Crippen molar-refractivity contribution in [2.75, 3.05) is 25.5 Å². The van der Waals surface area contributed by atoms with Gasteiger partial charge in [-0.2, -0.15) is 4.37 Å². The van der Waals surface area contributed by atoms with Crippen LogP contribution >= 0.6 is 11.5 Å². The van der Waals surface area contributed by atoms with Gasteiger partial charge in [-0.1, -0.05) is 12.8 Å². The van der Waals surface area contributed by atoms with E-state index >= 15 is 0 Å². The molecule has 110 valence electrons. The van der Waals surface area contributed by atoms with E-state index in [4.69, 9.17) is 4.74 Å². The highest BCUT2D eigenvalue weighted by Crippen LogP contribution is 2.32. The van der Waals surface area contributed by atoms with E-state index in [2.05, 4.69) is 9.69 Å². The van der Waals surface area contributed by atoms with Crippen LogP contribution in [0, 0.1) is 6.92 Å². The third-order valence-corrected chi connectivity index (χ3v) is 5.25. The molecule has 0 unspecified atom stereocenters. The fourth-order valence-electron chi connectivity index (χ4n) is 3.28. The molecule has 0 bridgehead atoms. The Labute approximate surface area is 123 Å². The van der Waals surface area contributed by atoms with Gasteiger partial charge >= 0.3 is 0 Å². The van der Waals surface area contributed by atoms with Crippen LogP contribution in [0.15, 0.2) is 0 Å². The summed E-state index contributed by atoms with van der Waals surface area (Å²) >= 11 is 1.36. The summed E-state index contributed by atoms with van der Waals surface area (Å²) in [5.41, 5.74) is 1.56. The van der Waals surface area contributed by atoms with Gasteiger partial charge in [-0.05, 0) is 31.3 Å². The summed E-state index contributed by atoms with van der Waals surface area (Å²) in [7, 11) is 1.84. The summed E-state index contributed by atoms with van der Waals surface area (Å²) in [4.78, 5) is 14.9. The Morgan fingerprint density at radius 3 is 3.05 bits per heavy atom. The van der Waals surface area contributed by atoms with Gasteiger partial charge in [0.1, 0.15) is 5.00 Å². The maximum absolute atomic E-state index is 12.9. The molecule has 2 aliphatic rings. The van der Waals surface area contributed by atoms with Gasteiger partial charge in [-0.15, -0.1) is 0 Å². The largest absolute Gasteiger partial charge is 0.378 e. The van der Waals surface area contributed by atoms with Crippen molar-refractivity contribution in [1.29, 1.82) is 0 Å². The number of anilines is 1. The van der Waals surface area contributed by atoms with Crippen LogP contribution in [0.5, 0.6) is 0 Å². The van der Waals surface area contributed by atoms with E-state index in [0.29, 0.717) is 13.2 Å². The first-order valence-corrected chi connectivity index (χ1v) is 8.06. The normalized spacial score (nSPS) is 26.2. The molecule has 0 radical (unpaired) electrons. The number of ether oxygens (including phenoxy) is 1. The van der Waals surface area contributed by atoms with Crippen LogP contribution in [0.25, 0.3) is 0 Å². The molecule has 20 heavy (non-hydrogen) atoms. The fourth-order valence-corrected chi connectivity index (χ4v) is 4.02. The lowest BCUT2D eigenvalue weighted by atomic mass is 9.89. The number of nitrogens with zero attached hydrogens (tertiary/aromatic N) is 2. The van der Waals surface area contributed by atoms with Crippen LogP contribution in [0.3, 0.4) is 0 Å². The lowest BCUT2D eigenvalue weighted by Gasteiger charge is -2.43. The molecule has 6 heteroatoms. The number of hydrogen-bond donors (Lipinski definition) is 1. The second-order valence-electron chi connectivity index (χ2n) is 5.48. The Bertz CT molecular complexity index is 501. The van der Waals surface area contributed by atoms with Crippen LogP contribution in [-0.4, -0.2) is 47.5 Å². The molecular formula is C14H21N3O2S. The average molecular weight is 295 g/mol. The van der Waals surface area contributed by atoms with E-state index in [-0.39, 0.29) is 18.1 Å². The van der Waals surface area contributed by atoms with E-state index in [9.17, 15) is 4.79 Å². The van der Waals surface area contributed by atoms with Crippen LogP contribution in [-0.2, 0) is 4.74 Å². The van der Waals surface area contributed by atoms with Crippen molar-refractivity contribution in [3.05, 3.63) is 11.3 Å². The molecule has 5 nitrogen and oxygen atoms in total. The van der Waals surface area contributed by atoms with Crippen LogP contribution in [0.4, 0.5) is 5.00 Å². The molecule has 1 amide bonds. The number of nitrogens with one attached hydrogen (secondary N) is 1. The molecule has 1 aromatic heterocycles. The Morgan fingerprint density at radius 1 is 1.45 bits per heavy atom. The van der Waals surface area contributed by atoms with Crippen LogP contribution < -0.4 is 5.32 Å². The number of aryl methyl sites for hydroxylation is 1. The molecule has 1 N–H and O–H groups in total. The van der Waals surface area contributed by atoms with Crippen LogP contribution in [0.1, 0.15) is 41.7 Å². The molecule has 2 heterocycles. The predicted octanol–water partition coefficient (Wildman–Crippen LogP) is 2.28. The van der Waals surface area contributed by atoms with Gasteiger partial charge in [0.2, 0.25) is 0 Å². The molecular weight excluding hydrogens is 274 g/mol. The topological polar surface area (TPSA) is 54.5 Å². The first kappa shape index (κ1) is 13.8. The minimum atomic E-state index is 0.112. The van der Waals surface area contributed by atoms with Crippen molar-refractivity contribution in [2.45, 2.75) is 44.8 Å². The first-order valence-electron chi connectivity index (χ1n) is 7.29. The summed E-state index contributed by atoms with van der Waals surface area (Å²) < 4.78 is 10.2. The SMILES string of the molecule is CNc1snc(C)c1C(=O)N1CCO[C@@H]2CCCC[C@H]21. The van der Waals surface area contributed by atoms with Crippen molar-refractivity contribution < 1.29 is 9.53 Å². The number of fused-ring (bicyclic) bond motifs is 1. The zero-order valence-corrected chi connectivity index (χ0v) is 12.8. The monoisotopic (exact) mass is 295 g/mol. The second-order valence-corrected chi connectivity index (χ2v) is 6.26. The highest BCUT2D eigenvalue weighted by Gasteiger charge is 2.38. The number of morpholine rings is 1. The first-order chi connectivity index (χ1) is 9.72. The van der Waals surface area contributed by atoms with Gasteiger partial charge in [0.15, 0.2) is 0 Å². The molecule has 1 aromatic rings. The molecule has 0 spiro atoms. The van der Waals surface area contributed by atoms with E-state index in [0.717, 1.165) is 29.1 Å². The zero-order valence-electron chi connectivity index (χ0n) is 12.0. The highest BCUT2D eigenvalue weighted by molar-refractivity contribution is 7.10. The molecule has 1 aliphatic heterocycles. The molecule has 1 saturated heterocycles. The maximum Gasteiger partial charge on any atom is 0.259 e. The average Bonchev–Trinajstić information content (AvgIpc) is 2.87. The zero-order chi connectivity index (χ0) is 14.1. The fraction of sp³-hybridized carbons (Fsp3) is 0.714. The third-order valence-electron chi connectivity index (χ3n) is 4.30. The van der Waals surface area contributed by atoms with Gasteiger partial charge in [-0.25, -0.2) is 0 Å². The number of carbonyl (C=O) groups is 1. The molecule has 1 saturated carbocycles. The van der Waals surface area contributed by atoms with Crippen molar-refractivity contribution >= 4 is 22.4 Å². The van der Waals surface area contributed by atoms with Gasteiger partial charge in [-0.3, -0.25) is 4.79 Å². The van der Waals surface area contributed by atoms with Crippen molar-refractivity contribution in [3.63, 3.8) is 0 Å². The van der Waals surface area contributed by atoms with E-state index in [1.807, 2.05) is 18.9 Å². The predicted molar refractivity (Wildman–Crippen MR) is 79.4 cm³/mol. The Kier molecular flexibility index (Phi) is 3.94. The molecule has 3 rings (SSSR count). The number of aromatic nitrogens is 1. The van der Waals surface area contributed by atoms with Gasteiger partial charge in [0, 0.05) is 13.6 Å². The third kappa shape index (κ3) is 2.31. The summed E-state index contributed by atoms with van der Waals surface area (Å²) in [6.07, 6.45) is 4.76. The molecule has 2 fully saturated rings. The minimum absolute atomic E-state index is 0.112. The molecule has 2 atom stereocenters. The molecule has 0 aromatic carbocycles. The maximum atomic E-state index is 12.9. The summed E-state index contributed by atoms with van der Waals surface area (Å²) in [6.45, 7) is 3.25. The Hall–Kier alpha value is -1.14. The number of carbonyl (C=O) groups excluding carboxylic acids is 1. The number of amides is 1. The van der Waals surface area contributed by atoms with Crippen molar-refractivity contribution in [2.24, 2.45) is 0 Å². The van der Waals surface area contributed by atoms with Gasteiger partial charge in [0.05, 0.1) is 30.0 Å². The standard InChI is InChI=1S/C14H21N3O2S/c1-9-12(13(15-2)20-16-9)14(18)17-7-8-19-11-6-4-3-5-10(11)17/h10-11,15H,3-8H2,1-2H3/t10-,11-/m1/s1.